The van der Waals surface area contributed by atoms with E-state index in [-0.39, 0.29) is 17.4 Å². The summed E-state index contributed by atoms with van der Waals surface area (Å²) in [5, 5.41) is 14.2. The zero-order chi connectivity index (χ0) is 13.8. The molecule has 0 radical (unpaired) electrons. The van der Waals surface area contributed by atoms with Crippen LogP contribution in [0.15, 0.2) is 12.1 Å². The van der Waals surface area contributed by atoms with Crippen molar-refractivity contribution < 1.29 is 9.66 Å². The van der Waals surface area contributed by atoms with Crippen LogP contribution >= 0.6 is 0 Å². The zero-order valence-corrected chi connectivity index (χ0v) is 10.3. The molecule has 1 aliphatic heterocycles. The van der Waals surface area contributed by atoms with Crippen molar-refractivity contribution in [1.29, 1.82) is 0 Å². The smallest absolute Gasteiger partial charge is 0.286 e. The number of nitrogens with zero attached hydrogens (tertiary/aromatic N) is 2. The molecule has 19 heavy (non-hydrogen) atoms. The summed E-state index contributed by atoms with van der Waals surface area (Å²) in [4.78, 5) is 13.8. The Kier molecular flexibility index (Phi) is 3.82. The monoisotopic (exact) mass is 262 g/mol. The first-order chi connectivity index (χ1) is 9.15. The zero-order valence-electron chi connectivity index (χ0n) is 10.3. The van der Waals surface area contributed by atoms with E-state index in [0.29, 0.717) is 24.6 Å². The van der Waals surface area contributed by atoms with E-state index < -0.39 is 4.92 Å². The van der Waals surface area contributed by atoms with Crippen molar-refractivity contribution in [3.05, 3.63) is 33.7 Å². The molecule has 0 bridgehead atoms. The van der Waals surface area contributed by atoms with Gasteiger partial charge >= 0.3 is 0 Å². The average Bonchev–Trinajstić information content (AvgIpc) is 2.43. The fraction of sp³-hybridized carbons (Fsp3) is 0.417. The van der Waals surface area contributed by atoms with E-state index in [1.165, 1.54) is 12.1 Å². The molecule has 0 unspecified atom stereocenters. The molecule has 1 aromatic carbocycles. The predicted octanol–water partition coefficient (Wildman–Crippen LogP) is 2.06. The first kappa shape index (κ1) is 13.1. The number of rotatable bonds is 4. The number of nitro benzene ring substituents is 1. The van der Waals surface area contributed by atoms with Crippen molar-refractivity contribution in [2.24, 2.45) is 5.73 Å². The molecule has 0 amide bonds. The Labute approximate surface area is 110 Å². The highest BCUT2D eigenvalue weighted by Crippen LogP contribution is 2.41. The van der Waals surface area contributed by atoms with Gasteiger partial charge in [0.05, 0.1) is 17.5 Å². The molecule has 0 saturated heterocycles. The minimum atomic E-state index is -0.505. The number of fused-ring (bicyclic) bond motifs is 1. The molecule has 1 aliphatic rings. The van der Waals surface area contributed by atoms with E-state index in [0.717, 1.165) is 12.8 Å². The largest absolute Gasteiger partial charge is 0.490 e. The van der Waals surface area contributed by atoms with Crippen LogP contribution in [0.3, 0.4) is 0 Å². The van der Waals surface area contributed by atoms with Crippen LogP contribution in [-0.2, 0) is 0 Å². The van der Waals surface area contributed by atoms with E-state index in [9.17, 15) is 10.1 Å². The predicted molar refractivity (Wildman–Crippen MR) is 70.6 cm³/mol. The molecule has 100 valence electrons. The first-order valence-electron chi connectivity index (χ1n) is 5.95. The topological polar surface area (TPSA) is 94.8 Å². The summed E-state index contributed by atoms with van der Waals surface area (Å²) < 4.78 is 5.52. The molecule has 1 atom stereocenters. The minimum absolute atomic E-state index is 0.00791. The third-order valence-electron chi connectivity index (χ3n) is 2.94. The molecule has 7 nitrogen and oxygen atoms in total. The summed E-state index contributed by atoms with van der Waals surface area (Å²) in [5.41, 5.74) is 5.88. The third kappa shape index (κ3) is 2.74. The fourth-order valence-electron chi connectivity index (χ4n) is 2.01. The summed E-state index contributed by atoms with van der Waals surface area (Å²) in [5.74, 6) is 0.365. The number of ether oxygens (including phenoxy) is 1. The van der Waals surface area contributed by atoms with Gasteiger partial charge < -0.3 is 15.8 Å². The highest BCUT2D eigenvalue weighted by molar-refractivity contribution is 5.77. The molecule has 1 aromatic rings. The SMILES string of the molecule is [C-]#[N+]c1cc2c(c([N+](=O)[O-])c1)N[C@@H](CCCN)CO2. The lowest BCUT2D eigenvalue weighted by molar-refractivity contribution is -0.384. The van der Waals surface area contributed by atoms with E-state index in [4.69, 9.17) is 17.0 Å². The lowest BCUT2D eigenvalue weighted by Crippen LogP contribution is -2.32. The van der Waals surface area contributed by atoms with E-state index in [1.54, 1.807) is 0 Å². The molecule has 0 saturated carbocycles. The van der Waals surface area contributed by atoms with Gasteiger partial charge in [-0.05, 0) is 25.5 Å². The van der Waals surface area contributed by atoms with Crippen molar-refractivity contribution in [3.8, 4) is 5.75 Å². The summed E-state index contributed by atoms with van der Waals surface area (Å²) in [7, 11) is 0. The van der Waals surface area contributed by atoms with Crippen LogP contribution in [0.4, 0.5) is 17.1 Å². The number of benzene rings is 1. The number of nitrogens with one attached hydrogen (secondary N) is 1. The van der Waals surface area contributed by atoms with Gasteiger partial charge in [-0.3, -0.25) is 10.1 Å². The van der Waals surface area contributed by atoms with Gasteiger partial charge in [0, 0.05) is 6.07 Å². The number of anilines is 1. The normalized spacial score (nSPS) is 16.7. The van der Waals surface area contributed by atoms with Gasteiger partial charge in [-0.15, -0.1) is 0 Å². The van der Waals surface area contributed by atoms with Gasteiger partial charge in [0.25, 0.3) is 5.69 Å². The lowest BCUT2D eigenvalue weighted by atomic mass is 10.1. The molecule has 0 aliphatic carbocycles. The van der Waals surface area contributed by atoms with Gasteiger partial charge in [-0.2, -0.15) is 0 Å². The van der Waals surface area contributed by atoms with E-state index >= 15 is 0 Å². The molecule has 1 heterocycles. The van der Waals surface area contributed by atoms with Crippen molar-refractivity contribution in [3.63, 3.8) is 0 Å². The second-order valence-corrected chi connectivity index (χ2v) is 4.29. The number of nitrogens with two attached hydrogens (primary N) is 1. The van der Waals surface area contributed by atoms with Crippen LogP contribution < -0.4 is 15.8 Å². The quantitative estimate of drug-likeness (QED) is 0.492. The summed E-state index contributed by atoms with van der Waals surface area (Å²) >= 11 is 0. The van der Waals surface area contributed by atoms with E-state index in [2.05, 4.69) is 10.2 Å². The van der Waals surface area contributed by atoms with Crippen LogP contribution in [0.2, 0.25) is 0 Å². The van der Waals surface area contributed by atoms with Gasteiger partial charge in [-0.1, -0.05) is 0 Å². The standard InChI is InChI=1S/C12H14N4O3/c1-14-9-5-10(16(17)18)12-11(6-9)19-7-8(15-12)3-2-4-13/h5-6,8,15H,2-4,7,13H2/t8-/m0/s1. The summed E-state index contributed by atoms with van der Waals surface area (Å²) in [6, 6.07) is 2.78. The van der Waals surface area contributed by atoms with Gasteiger partial charge in [0.2, 0.25) is 0 Å². The molecular formula is C12H14N4O3. The van der Waals surface area contributed by atoms with Crippen LogP contribution in [-0.4, -0.2) is 24.1 Å². The molecule has 7 heteroatoms. The molecular weight excluding hydrogens is 248 g/mol. The highest BCUT2D eigenvalue weighted by atomic mass is 16.6. The van der Waals surface area contributed by atoms with Crippen LogP contribution in [0.5, 0.6) is 5.75 Å². The molecule has 0 spiro atoms. The maximum Gasteiger partial charge on any atom is 0.286 e. The Morgan fingerprint density at radius 2 is 2.42 bits per heavy atom. The second-order valence-electron chi connectivity index (χ2n) is 4.29. The molecule has 0 fully saturated rings. The number of nitro groups is 1. The Balaban J connectivity index is 2.32. The number of hydrogen-bond donors (Lipinski definition) is 2. The first-order valence-corrected chi connectivity index (χ1v) is 5.95. The Hall–Kier alpha value is -2.33. The van der Waals surface area contributed by atoms with Crippen molar-refractivity contribution in [2.45, 2.75) is 18.9 Å². The van der Waals surface area contributed by atoms with Crippen molar-refractivity contribution >= 4 is 17.1 Å². The van der Waals surface area contributed by atoms with Gasteiger partial charge in [0.15, 0.2) is 11.4 Å². The molecule has 0 aromatic heterocycles. The highest BCUT2D eigenvalue weighted by Gasteiger charge is 2.27. The number of hydrogen-bond acceptors (Lipinski definition) is 5. The minimum Gasteiger partial charge on any atom is -0.490 e. The maximum atomic E-state index is 11.0. The Morgan fingerprint density at radius 1 is 1.63 bits per heavy atom. The molecule has 2 rings (SSSR count). The third-order valence-corrected chi connectivity index (χ3v) is 2.94. The van der Waals surface area contributed by atoms with Gasteiger partial charge in [0.1, 0.15) is 12.4 Å². The van der Waals surface area contributed by atoms with Crippen molar-refractivity contribution in [2.75, 3.05) is 18.5 Å². The maximum absolute atomic E-state index is 11.0. The Bertz CT molecular complexity index is 539. The van der Waals surface area contributed by atoms with Crippen LogP contribution in [0.25, 0.3) is 4.85 Å². The van der Waals surface area contributed by atoms with E-state index in [1.807, 2.05) is 0 Å². The van der Waals surface area contributed by atoms with Crippen molar-refractivity contribution in [1.82, 2.24) is 0 Å². The average molecular weight is 262 g/mol. The lowest BCUT2D eigenvalue weighted by Gasteiger charge is -2.27. The summed E-state index contributed by atoms with van der Waals surface area (Å²) in [6.45, 7) is 7.94. The van der Waals surface area contributed by atoms with Crippen LogP contribution in [0, 0.1) is 16.7 Å². The second kappa shape index (κ2) is 5.54. The molecule has 3 N–H and O–H groups in total. The fourth-order valence-corrected chi connectivity index (χ4v) is 2.01. The summed E-state index contributed by atoms with van der Waals surface area (Å²) in [6.07, 6.45) is 1.61. The van der Waals surface area contributed by atoms with Gasteiger partial charge in [-0.25, -0.2) is 4.85 Å². The van der Waals surface area contributed by atoms with Crippen LogP contribution in [0.1, 0.15) is 12.8 Å². The Morgan fingerprint density at radius 3 is 3.05 bits per heavy atom.